The van der Waals surface area contributed by atoms with Crippen LogP contribution in [0.4, 0.5) is 9.18 Å². The molecular formula is C48H58FN5O7Si. The van der Waals surface area contributed by atoms with Crippen LogP contribution in [0.1, 0.15) is 68.4 Å². The van der Waals surface area contributed by atoms with Crippen LogP contribution in [-0.4, -0.2) is 104 Å². The first-order chi connectivity index (χ1) is 29.6. The SMILES string of the molecule is COCOc1cc(-c2c(CCC#N)cc3c(nc(OCC4CCCN4C)c4c(C(=O)OCC[Si](C)(C)C)cn(C5C6CC5N(C(=O)OC(C)(C)C)C6)c43)c2F)c2ccccc2c1. The van der Waals surface area contributed by atoms with Crippen LogP contribution in [0.3, 0.4) is 0 Å². The van der Waals surface area contributed by atoms with Crippen molar-refractivity contribution >= 4 is 52.7 Å². The first-order valence-corrected chi connectivity index (χ1v) is 25.5. The van der Waals surface area contributed by atoms with E-state index in [1.807, 2.05) is 74.0 Å². The van der Waals surface area contributed by atoms with Gasteiger partial charge in [-0.25, -0.2) is 19.0 Å². The number of likely N-dealkylation sites (N-methyl/N-ethyl adjacent to an activating group) is 1. The van der Waals surface area contributed by atoms with E-state index in [9.17, 15) is 14.9 Å². The molecule has 12 nitrogen and oxygen atoms in total. The van der Waals surface area contributed by atoms with Crippen molar-refractivity contribution in [2.75, 3.05) is 47.3 Å². The van der Waals surface area contributed by atoms with Crippen molar-refractivity contribution in [3.8, 4) is 28.8 Å². The second-order valence-corrected chi connectivity index (χ2v) is 25.0. The Kier molecular flexibility index (Phi) is 12.0. The summed E-state index contributed by atoms with van der Waals surface area (Å²) in [5, 5.41) is 12.5. The van der Waals surface area contributed by atoms with Crippen LogP contribution < -0.4 is 9.47 Å². The summed E-state index contributed by atoms with van der Waals surface area (Å²) in [5.74, 6) is -0.375. The zero-order chi connectivity index (χ0) is 44.1. The number of nitriles is 1. The number of aryl methyl sites for hydroxylation is 1. The molecular weight excluding hydrogens is 806 g/mol. The molecule has 3 aromatic carbocycles. The number of halogens is 1. The van der Waals surface area contributed by atoms with E-state index in [2.05, 4.69) is 37.7 Å². The summed E-state index contributed by atoms with van der Waals surface area (Å²) in [5.41, 5.74) is 1.77. The third kappa shape index (κ3) is 8.46. The summed E-state index contributed by atoms with van der Waals surface area (Å²) in [6.07, 6.45) is 4.53. The number of esters is 1. The van der Waals surface area contributed by atoms with E-state index in [1.165, 1.54) is 0 Å². The smallest absolute Gasteiger partial charge is 0.410 e. The number of hydrogen-bond donors (Lipinski definition) is 0. The summed E-state index contributed by atoms with van der Waals surface area (Å²) in [4.78, 5) is 37.1. The van der Waals surface area contributed by atoms with Crippen molar-refractivity contribution in [3.05, 3.63) is 65.6 Å². The highest BCUT2D eigenvalue weighted by Gasteiger charge is 2.56. The van der Waals surface area contributed by atoms with Gasteiger partial charge in [-0.1, -0.05) is 43.9 Å². The minimum Gasteiger partial charge on any atom is -0.475 e. The number of carbonyl (C=O) groups excluding carboxylic acids is 2. The lowest BCUT2D eigenvalue weighted by atomic mass is 9.79. The van der Waals surface area contributed by atoms with Gasteiger partial charge in [0.1, 0.15) is 23.5 Å². The number of likely N-dealkylation sites (tertiary alicyclic amines) is 1. The standard InChI is InChI=1S/C48H58FN5O7Si/c1-48(2,3)61-47(56)53-25-31-23-38(53)43(31)54-26-37(46(55)58-19-20-62(6,7)8)40-44(54)36-22-30(14-11-17-50)39(35-24-33(60-28-57-5)21-29-13-9-10-16-34(29)35)41(49)42(36)51-45(40)59-27-32-15-12-18-52(32)4/h9-10,13,16,21-22,24,26,31-32,38,43H,11-12,14-15,18-20,23,25,27-28H2,1-8H3. The summed E-state index contributed by atoms with van der Waals surface area (Å²) < 4.78 is 50.0. The molecule has 0 radical (unpaired) electrons. The van der Waals surface area contributed by atoms with Gasteiger partial charge in [-0.05, 0) is 106 Å². The lowest BCUT2D eigenvalue weighted by molar-refractivity contribution is 0.0210. The molecule has 4 aliphatic rings. The molecule has 328 valence electrons. The normalized spacial score (nSPS) is 20.2. The Labute approximate surface area is 363 Å². The fourth-order valence-electron chi connectivity index (χ4n) is 9.45. The number of rotatable bonds is 14. The van der Waals surface area contributed by atoms with E-state index in [4.69, 9.17) is 28.7 Å². The Morgan fingerprint density at radius 3 is 2.58 bits per heavy atom. The average molecular weight is 864 g/mol. The lowest BCUT2D eigenvalue weighted by Crippen LogP contribution is -2.44. The molecule has 4 atom stereocenters. The monoisotopic (exact) mass is 863 g/mol. The van der Waals surface area contributed by atoms with Crippen molar-refractivity contribution in [1.29, 1.82) is 5.26 Å². The minimum atomic E-state index is -1.55. The Hall–Kier alpha value is -5.23. The van der Waals surface area contributed by atoms with Gasteiger partial charge in [0.05, 0.1) is 41.2 Å². The van der Waals surface area contributed by atoms with E-state index in [0.29, 0.717) is 51.9 Å². The molecule has 0 spiro atoms. The molecule has 1 aliphatic carbocycles. The zero-order valence-corrected chi connectivity index (χ0v) is 38.2. The molecule has 0 N–H and O–H groups in total. The molecule has 62 heavy (non-hydrogen) atoms. The maximum atomic E-state index is 18.2. The van der Waals surface area contributed by atoms with Crippen LogP contribution in [0.2, 0.25) is 25.7 Å². The quantitative estimate of drug-likeness (QED) is 0.0605. The maximum Gasteiger partial charge on any atom is 0.410 e. The van der Waals surface area contributed by atoms with Gasteiger partial charge in [0.15, 0.2) is 12.6 Å². The number of benzene rings is 3. The number of carbonyl (C=O) groups is 2. The number of methoxy groups -OCH3 is 1. The van der Waals surface area contributed by atoms with Crippen LogP contribution >= 0.6 is 0 Å². The van der Waals surface area contributed by atoms with Crippen LogP contribution in [0, 0.1) is 23.1 Å². The van der Waals surface area contributed by atoms with E-state index in [1.54, 1.807) is 12.0 Å². The van der Waals surface area contributed by atoms with Crippen LogP contribution in [-0.2, 0) is 20.6 Å². The van der Waals surface area contributed by atoms with Gasteiger partial charge >= 0.3 is 12.1 Å². The Balaban J connectivity index is 1.39. The number of pyridine rings is 1. The molecule has 2 aromatic heterocycles. The van der Waals surface area contributed by atoms with Crippen LogP contribution in [0.15, 0.2) is 48.7 Å². The number of nitrogens with zero attached hydrogens (tertiary/aromatic N) is 5. The number of fused-ring (bicyclic) bond motifs is 5. The van der Waals surface area contributed by atoms with Crippen molar-refractivity contribution in [2.45, 2.75) is 102 Å². The van der Waals surface area contributed by atoms with Crippen LogP contribution in [0.25, 0.3) is 43.7 Å². The van der Waals surface area contributed by atoms with E-state index >= 15 is 4.39 Å². The first-order valence-electron chi connectivity index (χ1n) is 21.8. The summed E-state index contributed by atoms with van der Waals surface area (Å²) >= 11 is 0. The Morgan fingerprint density at radius 1 is 1.08 bits per heavy atom. The molecule has 5 heterocycles. The summed E-state index contributed by atoms with van der Waals surface area (Å²) in [7, 11) is 2.05. The first kappa shape index (κ1) is 43.4. The second-order valence-electron chi connectivity index (χ2n) is 19.3. The summed E-state index contributed by atoms with van der Waals surface area (Å²) in [6, 6.07) is 16.1. The molecule has 14 heteroatoms. The van der Waals surface area contributed by atoms with Crippen molar-refractivity contribution in [3.63, 3.8) is 0 Å². The highest BCUT2D eigenvalue weighted by Crippen LogP contribution is 2.53. The van der Waals surface area contributed by atoms with Gasteiger partial charge in [-0.2, -0.15) is 5.26 Å². The molecule has 5 aromatic rings. The Bertz CT molecular complexity index is 2580. The summed E-state index contributed by atoms with van der Waals surface area (Å²) in [6.45, 7) is 14.2. The number of ether oxygens (including phenoxy) is 5. The van der Waals surface area contributed by atoms with Gasteiger partial charge in [0.25, 0.3) is 0 Å². The molecule has 2 bridgehead atoms. The number of aromatic nitrogens is 2. The van der Waals surface area contributed by atoms with Crippen molar-refractivity contribution in [1.82, 2.24) is 19.4 Å². The lowest BCUT2D eigenvalue weighted by Gasteiger charge is -2.38. The van der Waals surface area contributed by atoms with Gasteiger partial charge < -0.3 is 38.1 Å². The third-order valence-electron chi connectivity index (χ3n) is 12.6. The average Bonchev–Trinajstić information content (AvgIpc) is 4.01. The fourth-order valence-corrected chi connectivity index (χ4v) is 10.2. The van der Waals surface area contributed by atoms with E-state index < -0.39 is 25.5 Å². The molecule has 3 aliphatic heterocycles. The highest BCUT2D eigenvalue weighted by atomic mass is 28.3. The Morgan fingerprint density at radius 2 is 1.87 bits per heavy atom. The zero-order valence-electron chi connectivity index (χ0n) is 37.2. The maximum absolute atomic E-state index is 18.2. The predicted molar refractivity (Wildman–Crippen MR) is 240 cm³/mol. The van der Waals surface area contributed by atoms with Gasteiger partial charge in [0, 0.05) is 57.3 Å². The molecule has 4 unspecified atom stereocenters. The second kappa shape index (κ2) is 17.1. The topological polar surface area (TPSA) is 128 Å². The van der Waals surface area contributed by atoms with Crippen LogP contribution in [0.5, 0.6) is 11.6 Å². The molecule has 1 amide bonds. The largest absolute Gasteiger partial charge is 0.475 e. The molecule has 1 saturated carbocycles. The molecule has 4 fully saturated rings. The predicted octanol–water partition coefficient (Wildman–Crippen LogP) is 9.74. The van der Waals surface area contributed by atoms with E-state index in [0.717, 1.165) is 42.6 Å². The molecule has 3 saturated heterocycles. The van der Waals surface area contributed by atoms with E-state index in [-0.39, 0.29) is 73.3 Å². The van der Waals surface area contributed by atoms with Gasteiger partial charge in [-0.15, -0.1) is 0 Å². The molecule has 9 rings (SSSR count). The van der Waals surface area contributed by atoms with Crippen molar-refractivity contribution < 1.29 is 37.7 Å². The van der Waals surface area contributed by atoms with Crippen molar-refractivity contribution in [2.24, 2.45) is 5.92 Å². The van der Waals surface area contributed by atoms with Gasteiger partial charge in [0.2, 0.25) is 5.88 Å². The third-order valence-corrected chi connectivity index (χ3v) is 14.3. The number of hydrogen-bond acceptors (Lipinski definition) is 10. The number of amides is 1. The fraction of sp³-hybridized carbons (Fsp3) is 0.500. The van der Waals surface area contributed by atoms with Gasteiger partial charge in [-0.3, -0.25) is 0 Å². The highest BCUT2D eigenvalue weighted by molar-refractivity contribution is 6.76. The minimum absolute atomic E-state index is 0.00407.